The van der Waals surface area contributed by atoms with Crippen molar-refractivity contribution in [1.82, 2.24) is 15.0 Å². The molecule has 22 heavy (non-hydrogen) atoms. The van der Waals surface area contributed by atoms with E-state index in [4.69, 9.17) is 4.74 Å². The first kappa shape index (κ1) is 16.0. The molecule has 0 atom stereocenters. The topological polar surface area (TPSA) is 63.7 Å². The second-order valence-corrected chi connectivity index (χ2v) is 5.48. The molecule has 1 aromatic carbocycles. The molecule has 1 heterocycles. The molecular formula is C17H22N4O. The van der Waals surface area contributed by atoms with Crippen LogP contribution in [0, 0.1) is 25.2 Å². The molecule has 0 amide bonds. The Balaban J connectivity index is 2.12. The van der Waals surface area contributed by atoms with Crippen LogP contribution in [0.5, 0.6) is 5.75 Å². The summed E-state index contributed by atoms with van der Waals surface area (Å²) in [6.45, 7) is 7.28. The summed E-state index contributed by atoms with van der Waals surface area (Å²) in [6, 6.07) is 8.19. The Hall–Kier alpha value is -2.35. The highest BCUT2D eigenvalue weighted by Crippen LogP contribution is 2.21. The Morgan fingerprint density at radius 1 is 1.27 bits per heavy atom. The maximum absolute atomic E-state index is 9.18. The molecular weight excluding hydrogens is 276 g/mol. The highest BCUT2D eigenvalue weighted by molar-refractivity contribution is 5.36. The van der Waals surface area contributed by atoms with Gasteiger partial charge >= 0.3 is 0 Å². The van der Waals surface area contributed by atoms with E-state index in [-0.39, 0.29) is 0 Å². The molecule has 0 spiro atoms. The number of nitriles is 1. The Morgan fingerprint density at radius 2 is 2.09 bits per heavy atom. The molecule has 0 aliphatic carbocycles. The van der Waals surface area contributed by atoms with E-state index >= 15 is 0 Å². The molecule has 0 saturated heterocycles. The molecule has 0 aliphatic rings. The minimum atomic E-state index is 0.312. The van der Waals surface area contributed by atoms with E-state index in [1.807, 2.05) is 26.0 Å². The Kier molecular flexibility index (Phi) is 5.54. The fourth-order valence-corrected chi connectivity index (χ4v) is 2.26. The summed E-state index contributed by atoms with van der Waals surface area (Å²) in [6.07, 6.45) is 3.31. The Bertz CT molecular complexity index is 670. The van der Waals surface area contributed by atoms with Crippen molar-refractivity contribution in [3.8, 4) is 11.8 Å². The smallest absolute Gasteiger partial charge is 0.189 e. The quantitative estimate of drug-likeness (QED) is 0.733. The predicted octanol–water partition coefficient (Wildman–Crippen LogP) is 3.54. The van der Waals surface area contributed by atoms with Crippen molar-refractivity contribution < 1.29 is 4.74 Å². The van der Waals surface area contributed by atoms with Crippen LogP contribution in [0.25, 0.3) is 0 Å². The molecule has 0 radical (unpaired) electrons. The SMILES string of the molecule is CCCCCn1nnc(C#N)c1COc1cc(C)ccc1C. The van der Waals surface area contributed by atoms with Crippen LogP contribution in [0.15, 0.2) is 18.2 Å². The molecule has 5 nitrogen and oxygen atoms in total. The van der Waals surface area contributed by atoms with Gasteiger partial charge in [0.25, 0.3) is 0 Å². The van der Waals surface area contributed by atoms with Crippen molar-refractivity contribution >= 4 is 0 Å². The number of unbranched alkanes of at least 4 members (excludes halogenated alkanes) is 2. The van der Waals surface area contributed by atoms with Gasteiger partial charge in [0.15, 0.2) is 5.69 Å². The molecule has 1 aromatic heterocycles. The largest absolute Gasteiger partial charge is 0.487 e. The number of rotatable bonds is 7. The summed E-state index contributed by atoms with van der Waals surface area (Å²) < 4.78 is 7.69. The van der Waals surface area contributed by atoms with E-state index in [1.165, 1.54) is 0 Å². The van der Waals surface area contributed by atoms with E-state index in [0.29, 0.717) is 12.3 Å². The molecule has 0 aliphatic heterocycles. The van der Waals surface area contributed by atoms with Crippen LogP contribution >= 0.6 is 0 Å². The molecule has 116 valence electrons. The fraction of sp³-hybridized carbons (Fsp3) is 0.471. The van der Waals surface area contributed by atoms with Crippen molar-refractivity contribution in [2.75, 3.05) is 0 Å². The average Bonchev–Trinajstić information content (AvgIpc) is 2.90. The zero-order chi connectivity index (χ0) is 15.9. The van der Waals surface area contributed by atoms with Crippen molar-refractivity contribution in [2.45, 2.75) is 53.2 Å². The lowest BCUT2D eigenvalue weighted by atomic mass is 10.1. The number of nitrogens with zero attached hydrogens (tertiary/aromatic N) is 4. The summed E-state index contributed by atoms with van der Waals surface area (Å²) >= 11 is 0. The number of hydrogen-bond acceptors (Lipinski definition) is 4. The molecule has 0 fully saturated rings. The number of hydrogen-bond donors (Lipinski definition) is 0. The van der Waals surface area contributed by atoms with Gasteiger partial charge in [0.1, 0.15) is 24.1 Å². The van der Waals surface area contributed by atoms with Crippen molar-refractivity contribution in [1.29, 1.82) is 5.26 Å². The van der Waals surface area contributed by atoms with Crippen LogP contribution in [-0.2, 0) is 13.2 Å². The van der Waals surface area contributed by atoms with Gasteiger partial charge in [0.05, 0.1) is 0 Å². The number of aromatic nitrogens is 3. The van der Waals surface area contributed by atoms with Crippen LogP contribution in [0.2, 0.25) is 0 Å². The molecule has 0 unspecified atom stereocenters. The lowest BCUT2D eigenvalue weighted by Gasteiger charge is -2.11. The van der Waals surface area contributed by atoms with E-state index < -0.39 is 0 Å². The third-order valence-corrected chi connectivity index (χ3v) is 3.63. The lowest BCUT2D eigenvalue weighted by Crippen LogP contribution is -2.09. The van der Waals surface area contributed by atoms with E-state index in [0.717, 1.165) is 48.4 Å². The minimum absolute atomic E-state index is 0.312. The first-order valence-electron chi connectivity index (χ1n) is 7.68. The molecule has 5 heteroatoms. The normalized spacial score (nSPS) is 10.5. The predicted molar refractivity (Wildman–Crippen MR) is 84.5 cm³/mol. The average molecular weight is 298 g/mol. The first-order valence-corrected chi connectivity index (χ1v) is 7.68. The van der Waals surface area contributed by atoms with Crippen LogP contribution in [0.3, 0.4) is 0 Å². The van der Waals surface area contributed by atoms with Crippen molar-refractivity contribution in [3.63, 3.8) is 0 Å². The van der Waals surface area contributed by atoms with Crippen molar-refractivity contribution in [2.24, 2.45) is 0 Å². The summed E-state index contributed by atoms with van der Waals surface area (Å²) in [5.41, 5.74) is 3.33. The third-order valence-electron chi connectivity index (χ3n) is 3.63. The van der Waals surface area contributed by atoms with E-state index in [9.17, 15) is 5.26 Å². The molecule has 2 rings (SSSR count). The molecule has 0 bridgehead atoms. The van der Waals surface area contributed by atoms with Gasteiger partial charge in [0.2, 0.25) is 0 Å². The monoisotopic (exact) mass is 298 g/mol. The summed E-state index contributed by atoms with van der Waals surface area (Å²) in [5, 5.41) is 17.2. The van der Waals surface area contributed by atoms with Crippen LogP contribution in [0.4, 0.5) is 0 Å². The van der Waals surface area contributed by atoms with Gasteiger partial charge in [-0.3, -0.25) is 0 Å². The van der Waals surface area contributed by atoms with Gasteiger partial charge in [-0.2, -0.15) is 5.26 Å². The van der Waals surface area contributed by atoms with E-state index in [2.05, 4.69) is 29.4 Å². The van der Waals surface area contributed by atoms with Gasteiger partial charge < -0.3 is 4.74 Å². The van der Waals surface area contributed by atoms with Gasteiger partial charge in [-0.15, -0.1) is 5.10 Å². The van der Waals surface area contributed by atoms with Crippen LogP contribution in [0.1, 0.15) is 48.7 Å². The number of ether oxygens (including phenoxy) is 1. The van der Waals surface area contributed by atoms with Gasteiger partial charge in [-0.25, -0.2) is 4.68 Å². The van der Waals surface area contributed by atoms with Crippen molar-refractivity contribution in [3.05, 3.63) is 40.7 Å². The van der Waals surface area contributed by atoms with E-state index in [1.54, 1.807) is 4.68 Å². The second kappa shape index (κ2) is 7.60. The van der Waals surface area contributed by atoms with Crippen LogP contribution in [-0.4, -0.2) is 15.0 Å². The summed E-state index contributed by atoms with van der Waals surface area (Å²) in [7, 11) is 0. The Labute approximate surface area is 131 Å². The molecule has 0 N–H and O–H groups in total. The fourth-order valence-electron chi connectivity index (χ4n) is 2.26. The summed E-state index contributed by atoms with van der Waals surface area (Å²) in [4.78, 5) is 0. The minimum Gasteiger partial charge on any atom is -0.487 e. The zero-order valence-corrected chi connectivity index (χ0v) is 13.5. The maximum atomic E-state index is 9.18. The highest BCUT2D eigenvalue weighted by atomic mass is 16.5. The van der Waals surface area contributed by atoms with Crippen LogP contribution < -0.4 is 4.74 Å². The standard InChI is InChI=1S/C17H22N4O/c1-4-5-6-9-21-16(15(11-18)19-20-21)12-22-17-10-13(2)7-8-14(17)3/h7-8,10H,4-6,9,12H2,1-3H3. The molecule has 2 aromatic rings. The zero-order valence-electron chi connectivity index (χ0n) is 13.5. The highest BCUT2D eigenvalue weighted by Gasteiger charge is 2.13. The molecule has 0 saturated carbocycles. The lowest BCUT2D eigenvalue weighted by molar-refractivity contribution is 0.288. The maximum Gasteiger partial charge on any atom is 0.189 e. The third kappa shape index (κ3) is 3.85. The van der Waals surface area contributed by atoms with Gasteiger partial charge in [-0.1, -0.05) is 37.1 Å². The van der Waals surface area contributed by atoms with Gasteiger partial charge in [0, 0.05) is 6.54 Å². The number of benzene rings is 1. The second-order valence-electron chi connectivity index (χ2n) is 5.48. The number of aryl methyl sites for hydroxylation is 3. The summed E-state index contributed by atoms with van der Waals surface area (Å²) in [5.74, 6) is 0.838. The first-order chi connectivity index (χ1) is 10.7. The Morgan fingerprint density at radius 3 is 2.82 bits per heavy atom. The van der Waals surface area contributed by atoms with Gasteiger partial charge in [-0.05, 0) is 37.5 Å².